The molecule has 3 aromatic heterocycles. The molecule has 0 unspecified atom stereocenters. The third-order valence-corrected chi connectivity index (χ3v) is 7.28. The van der Waals surface area contributed by atoms with Gasteiger partial charge in [0, 0.05) is 43.9 Å². The van der Waals surface area contributed by atoms with E-state index in [-0.39, 0.29) is 16.5 Å². The fourth-order valence-electron chi connectivity index (χ4n) is 5.47. The van der Waals surface area contributed by atoms with Gasteiger partial charge < -0.3 is 4.90 Å². The van der Waals surface area contributed by atoms with Crippen LogP contribution in [-0.2, 0) is 0 Å². The molecule has 3 saturated carbocycles. The van der Waals surface area contributed by atoms with Crippen LogP contribution in [0.4, 0.5) is 5.82 Å². The van der Waals surface area contributed by atoms with Gasteiger partial charge in [-0.2, -0.15) is 5.10 Å². The Morgan fingerprint density at radius 3 is 2.67 bits per heavy atom. The summed E-state index contributed by atoms with van der Waals surface area (Å²) in [5.41, 5.74) is 3.26. The maximum absolute atomic E-state index is 12.8. The highest BCUT2D eigenvalue weighted by Gasteiger charge is 2.57. The molecule has 0 amide bonds. The molecule has 0 aromatic carbocycles. The second-order valence-corrected chi connectivity index (χ2v) is 9.42. The van der Waals surface area contributed by atoms with E-state index in [9.17, 15) is 4.79 Å². The third-order valence-electron chi connectivity index (χ3n) is 7.12. The Labute approximate surface area is 178 Å². The van der Waals surface area contributed by atoms with Gasteiger partial charge in [0.2, 0.25) is 5.28 Å². The molecule has 0 spiro atoms. The lowest BCUT2D eigenvalue weighted by Crippen LogP contribution is -2.52. The predicted octanol–water partition coefficient (Wildman–Crippen LogP) is 3.55. The first-order valence-electron chi connectivity index (χ1n) is 10.6. The number of ketones is 1. The topological polar surface area (TPSA) is 101 Å². The quantitative estimate of drug-likeness (QED) is 0.494. The number of carbonyl (C=O) groups excluding carboxylic acids is 1. The molecule has 3 aromatic rings. The van der Waals surface area contributed by atoms with Gasteiger partial charge in [0.25, 0.3) is 0 Å². The standard InChI is InChI=1S/C21H22ClN7O/c22-20-25-14(15(30)11-21-8-12(9-21)10-21)7-16(26-20)29-5-1-13(2-6-29)17-18-19(28-27-17)24-4-3-23-18/h3-4,7,12-13H,1-2,5-6,8-11H2,(H,24,27,28). The Morgan fingerprint density at radius 2 is 1.93 bits per heavy atom. The minimum Gasteiger partial charge on any atom is -0.356 e. The Kier molecular flexibility index (Phi) is 4.06. The molecule has 0 radical (unpaired) electrons. The summed E-state index contributed by atoms with van der Waals surface area (Å²) in [6.45, 7) is 1.63. The van der Waals surface area contributed by atoms with Crippen LogP contribution in [0.3, 0.4) is 0 Å². The number of halogens is 1. The van der Waals surface area contributed by atoms with Gasteiger partial charge in [-0.1, -0.05) is 0 Å². The average Bonchev–Trinajstić information content (AvgIpc) is 3.13. The van der Waals surface area contributed by atoms with E-state index < -0.39 is 0 Å². The molecule has 4 aliphatic rings. The lowest BCUT2D eigenvalue weighted by molar-refractivity contribution is -0.103. The van der Waals surface area contributed by atoms with E-state index in [4.69, 9.17) is 11.6 Å². The maximum Gasteiger partial charge on any atom is 0.224 e. The number of Topliss-reactive ketones (excluding diaryl/α,β-unsaturated/α-hetero) is 1. The van der Waals surface area contributed by atoms with Crippen LogP contribution in [0, 0.1) is 11.3 Å². The summed E-state index contributed by atoms with van der Waals surface area (Å²) in [6.07, 6.45) is 9.41. The molecule has 154 valence electrons. The van der Waals surface area contributed by atoms with Gasteiger partial charge in [0.05, 0.1) is 5.69 Å². The zero-order chi connectivity index (χ0) is 20.3. The first-order chi connectivity index (χ1) is 14.6. The van der Waals surface area contributed by atoms with Crippen LogP contribution in [-0.4, -0.2) is 49.0 Å². The number of carbonyl (C=O) groups is 1. The molecule has 2 bridgehead atoms. The van der Waals surface area contributed by atoms with Gasteiger partial charge in [0.1, 0.15) is 17.0 Å². The van der Waals surface area contributed by atoms with Crippen molar-refractivity contribution in [2.24, 2.45) is 11.3 Å². The lowest BCUT2D eigenvalue weighted by Gasteiger charge is -2.61. The molecule has 9 heteroatoms. The van der Waals surface area contributed by atoms with E-state index in [0.717, 1.165) is 48.9 Å². The number of nitrogens with one attached hydrogen (secondary N) is 1. The van der Waals surface area contributed by atoms with Crippen molar-refractivity contribution in [1.82, 2.24) is 30.1 Å². The van der Waals surface area contributed by atoms with Gasteiger partial charge in [-0.05, 0) is 55.0 Å². The number of aromatic nitrogens is 6. The van der Waals surface area contributed by atoms with Crippen molar-refractivity contribution in [3.63, 3.8) is 0 Å². The molecule has 7 rings (SSSR count). The molecule has 0 atom stereocenters. The predicted molar refractivity (Wildman–Crippen MR) is 112 cm³/mol. The number of H-pyrrole nitrogens is 1. The van der Waals surface area contributed by atoms with E-state index in [2.05, 4.69) is 35.0 Å². The largest absolute Gasteiger partial charge is 0.356 e. The van der Waals surface area contributed by atoms with Crippen molar-refractivity contribution in [3.8, 4) is 0 Å². The molecular weight excluding hydrogens is 402 g/mol. The highest BCUT2D eigenvalue weighted by Crippen LogP contribution is 2.66. The van der Waals surface area contributed by atoms with Crippen molar-refractivity contribution >= 4 is 34.4 Å². The van der Waals surface area contributed by atoms with Crippen LogP contribution in [0.25, 0.3) is 11.2 Å². The van der Waals surface area contributed by atoms with E-state index in [1.165, 1.54) is 19.3 Å². The third kappa shape index (κ3) is 2.96. The Hall–Kier alpha value is -2.61. The average molecular weight is 424 g/mol. The Bertz CT molecular complexity index is 1120. The normalized spacial score (nSPS) is 25.8. The smallest absolute Gasteiger partial charge is 0.224 e. The lowest BCUT2D eigenvalue weighted by atomic mass is 9.43. The van der Waals surface area contributed by atoms with E-state index in [1.54, 1.807) is 12.4 Å². The molecule has 3 aliphatic carbocycles. The Balaban J connectivity index is 1.17. The minimum absolute atomic E-state index is 0.0936. The molecule has 8 nitrogen and oxygen atoms in total. The molecule has 1 saturated heterocycles. The van der Waals surface area contributed by atoms with Crippen molar-refractivity contribution in [2.75, 3.05) is 18.0 Å². The number of rotatable bonds is 5. The fourth-order valence-corrected chi connectivity index (χ4v) is 5.64. The second kappa shape index (κ2) is 6.70. The van der Waals surface area contributed by atoms with Crippen LogP contribution in [0.1, 0.15) is 60.6 Å². The van der Waals surface area contributed by atoms with Crippen LogP contribution in [0.2, 0.25) is 5.28 Å². The summed E-state index contributed by atoms with van der Waals surface area (Å²) in [5.74, 6) is 2.03. The molecule has 4 heterocycles. The summed E-state index contributed by atoms with van der Waals surface area (Å²) in [6, 6.07) is 1.82. The van der Waals surface area contributed by atoms with Crippen LogP contribution in [0.5, 0.6) is 0 Å². The number of hydrogen-bond donors (Lipinski definition) is 1. The van der Waals surface area contributed by atoms with E-state index in [0.29, 0.717) is 23.7 Å². The van der Waals surface area contributed by atoms with Gasteiger partial charge in [-0.25, -0.2) is 19.9 Å². The highest BCUT2D eigenvalue weighted by molar-refractivity contribution is 6.28. The van der Waals surface area contributed by atoms with Gasteiger partial charge in [-0.3, -0.25) is 9.89 Å². The SMILES string of the molecule is O=C(CC12CC(C1)C2)c1cc(N2CCC(c3[nH]nc4nccnc34)CC2)nc(Cl)n1. The second-order valence-electron chi connectivity index (χ2n) is 9.09. The number of anilines is 1. The molecule has 30 heavy (non-hydrogen) atoms. The molecule has 1 N–H and O–H groups in total. The number of hydrogen-bond acceptors (Lipinski definition) is 7. The monoisotopic (exact) mass is 423 g/mol. The zero-order valence-electron chi connectivity index (χ0n) is 16.5. The summed E-state index contributed by atoms with van der Waals surface area (Å²) in [4.78, 5) is 32.3. The van der Waals surface area contributed by atoms with Gasteiger partial charge in [-0.15, -0.1) is 0 Å². The first kappa shape index (κ1) is 18.2. The van der Waals surface area contributed by atoms with Gasteiger partial charge >= 0.3 is 0 Å². The molecular formula is C21H22ClN7O. The van der Waals surface area contributed by atoms with E-state index in [1.807, 2.05) is 6.07 Å². The van der Waals surface area contributed by atoms with Gasteiger partial charge in [0.15, 0.2) is 11.4 Å². The maximum atomic E-state index is 12.8. The number of aromatic amines is 1. The van der Waals surface area contributed by atoms with Crippen LogP contribution in [0.15, 0.2) is 18.5 Å². The van der Waals surface area contributed by atoms with E-state index >= 15 is 0 Å². The molecule has 4 fully saturated rings. The Morgan fingerprint density at radius 1 is 1.17 bits per heavy atom. The summed E-state index contributed by atoms with van der Waals surface area (Å²) >= 11 is 6.19. The number of fused-ring (bicyclic) bond motifs is 1. The van der Waals surface area contributed by atoms with Crippen LogP contribution < -0.4 is 4.90 Å². The van der Waals surface area contributed by atoms with Crippen molar-refractivity contribution in [1.29, 1.82) is 0 Å². The zero-order valence-corrected chi connectivity index (χ0v) is 17.3. The minimum atomic E-state index is 0.0936. The first-order valence-corrected chi connectivity index (χ1v) is 10.9. The molecule has 1 aliphatic heterocycles. The fraction of sp³-hybridized carbons (Fsp3) is 0.524. The van der Waals surface area contributed by atoms with Crippen molar-refractivity contribution in [3.05, 3.63) is 35.1 Å². The van der Waals surface area contributed by atoms with Crippen molar-refractivity contribution in [2.45, 2.75) is 44.4 Å². The number of nitrogens with zero attached hydrogens (tertiary/aromatic N) is 6. The summed E-state index contributed by atoms with van der Waals surface area (Å²) < 4.78 is 0. The van der Waals surface area contributed by atoms with Crippen LogP contribution >= 0.6 is 11.6 Å². The number of piperidine rings is 1. The summed E-state index contributed by atoms with van der Waals surface area (Å²) in [5, 5.41) is 7.54. The van der Waals surface area contributed by atoms with Crippen molar-refractivity contribution < 1.29 is 4.79 Å². The highest BCUT2D eigenvalue weighted by atomic mass is 35.5. The summed E-state index contributed by atoms with van der Waals surface area (Å²) in [7, 11) is 0.